The molecule has 7 heteroatoms. The molecule has 1 aromatic carbocycles. The standard InChI is InChI=1S/C15H21ClN4O2/c1-4-20-6-5-18-14(20)9-19(2)15(21)10-7-11(16)12(17)8-13(10)22-3/h7-8H,4-6,9,17H2,1-3H3. The van der Waals surface area contributed by atoms with Gasteiger partial charge in [-0.05, 0) is 13.0 Å². The molecule has 0 bridgehead atoms. The van der Waals surface area contributed by atoms with Gasteiger partial charge in [-0.25, -0.2) is 0 Å². The molecule has 0 radical (unpaired) electrons. The van der Waals surface area contributed by atoms with E-state index in [1.54, 1.807) is 24.1 Å². The Hall–Kier alpha value is -1.95. The van der Waals surface area contributed by atoms with Gasteiger partial charge in [-0.1, -0.05) is 11.6 Å². The lowest BCUT2D eigenvalue weighted by molar-refractivity contribution is 0.0809. The number of benzene rings is 1. The number of methoxy groups -OCH3 is 1. The fourth-order valence-electron chi connectivity index (χ4n) is 2.41. The molecule has 0 saturated heterocycles. The number of nitrogen functional groups attached to an aromatic ring is 1. The number of aliphatic imine (C=N–C) groups is 1. The summed E-state index contributed by atoms with van der Waals surface area (Å²) in [5.74, 6) is 1.17. The monoisotopic (exact) mass is 324 g/mol. The maximum absolute atomic E-state index is 12.6. The summed E-state index contributed by atoms with van der Waals surface area (Å²) in [5, 5.41) is 0.339. The Balaban J connectivity index is 2.19. The van der Waals surface area contributed by atoms with Gasteiger partial charge in [0.05, 0.1) is 36.5 Å². The van der Waals surface area contributed by atoms with E-state index >= 15 is 0 Å². The van der Waals surface area contributed by atoms with Crippen LogP contribution in [0.15, 0.2) is 17.1 Å². The predicted octanol–water partition coefficient (Wildman–Crippen LogP) is 1.74. The summed E-state index contributed by atoms with van der Waals surface area (Å²) in [7, 11) is 3.24. The molecule has 2 rings (SSSR count). The highest BCUT2D eigenvalue weighted by Crippen LogP contribution is 2.29. The first kappa shape index (κ1) is 16.4. The van der Waals surface area contributed by atoms with Crippen LogP contribution in [0.2, 0.25) is 5.02 Å². The minimum Gasteiger partial charge on any atom is -0.496 e. The molecule has 0 fully saturated rings. The maximum atomic E-state index is 12.6. The number of carbonyl (C=O) groups excluding carboxylic acids is 1. The highest BCUT2D eigenvalue weighted by atomic mass is 35.5. The Labute approximate surface area is 135 Å². The predicted molar refractivity (Wildman–Crippen MR) is 88.9 cm³/mol. The van der Waals surface area contributed by atoms with Gasteiger partial charge in [0.2, 0.25) is 0 Å². The van der Waals surface area contributed by atoms with Crippen molar-refractivity contribution >= 4 is 29.0 Å². The highest BCUT2D eigenvalue weighted by molar-refractivity contribution is 6.33. The number of nitrogens with two attached hydrogens (primary N) is 1. The summed E-state index contributed by atoms with van der Waals surface area (Å²) in [6.07, 6.45) is 0. The van der Waals surface area contributed by atoms with Gasteiger partial charge in [0.25, 0.3) is 5.91 Å². The fourth-order valence-corrected chi connectivity index (χ4v) is 2.58. The fraction of sp³-hybridized carbons (Fsp3) is 0.467. The van der Waals surface area contributed by atoms with Gasteiger partial charge in [-0.2, -0.15) is 0 Å². The number of halogens is 1. The van der Waals surface area contributed by atoms with E-state index in [-0.39, 0.29) is 5.91 Å². The largest absolute Gasteiger partial charge is 0.496 e. The minimum absolute atomic E-state index is 0.176. The number of carbonyl (C=O) groups is 1. The van der Waals surface area contributed by atoms with Crippen molar-refractivity contribution in [3.8, 4) is 5.75 Å². The molecule has 120 valence electrons. The zero-order valence-corrected chi connectivity index (χ0v) is 13.9. The number of anilines is 1. The molecule has 1 aliphatic rings. The number of nitrogens with zero attached hydrogens (tertiary/aromatic N) is 3. The molecular weight excluding hydrogens is 304 g/mol. The van der Waals surface area contributed by atoms with Gasteiger partial charge in [0.1, 0.15) is 11.6 Å². The van der Waals surface area contributed by atoms with Crippen LogP contribution in [-0.4, -0.2) is 61.9 Å². The number of ether oxygens (including phenoxy) is 1. The van der Waals surface area contributed by atoms with E-state index in [4.69, 9.17) is 22.1 Å². The van der Waals surface area contributed by atoms with E-state index in [0.29, 0.717) is 28.6 Å². The van der Waals surface area contributed by atoms with Crippen LogP contribution in [0.25, 0.3) is 0 Å². The van der Waals surface area contributed by atoms with Crippen LogP contribution in [0.3, 0.4) is 0 Å². The number of hydrogen-bond acceptors (Lipinski definition) is 5. The molecule has 0 unspecified atom stereocenters. The SMILES string of the molecule is CCN1CCN=C1CN(C)C(=O)c1cc(Cl)c(N)cc1OC. The Kier molecular flexibility index (Phi) is 5.13. The quantitative estimate of drug-likeness (QED) is 0.837. The summed E-state index contributed by atoms with van der Waals surface area (Å²) in [6, 6.07) is 3.11. The lowest BCUT2D eigenvalue weighted by atomic mass is 10.1. The Bertz CT molecular complexity index is 603. The maximum Gasteiger partial charge on any atom is 0.257 e. The first-order chi connectivity index (χ1) is 10.5. The van der Waals surface area contributed by atoms with Gasteiger partial charge in [-0.3, -0.25) is 9.79 Å². The third kappa shape index (κ3) is 3.27. The van der Waals surface area contributed by atoms with E-state index in [1.165, 1.54) is 7.11 Å². The molecule has 0 aliphatic carbocycles. The van der Waals surface area contributed by atoms with Crippen LogP contribution in [0.1, 0.15) is 17.3 Å². The van der Waals surface area contributed by atoms with Crippen molar-refractivity contribution in [1.29, 1.82) is 0 Å². The molecule has 0 spiro atoms. The second-order valence-electron chi connectivity index (χ2n) is 5.11. The second kappa shape index (κ2) is 6.87. The van der Waals surface area contributed by atoms with Crippen molar-refractivity contribution in [3.05, 3.63) is 22.7 Å². The van der Waals surface area contributed by atoms with Gasteiger partial charge in [0, 0.05) is 26.2 Å². The van der Waals surface area contributed by atoms with Crippen molar-refractivity contribution in [2.45, 2.75) is 6.92 Å². The molecule has 22 heavy (non-hydrogen) atoms. The van der Waals surface area contributed by atoms with Gasteiger partial charge < -0.3 is 20.3 Å². The molecular formula is C15H21ClN4O2. The van der Waals surface area contributed by atoms with Gasteiger partial charge in [-0.15, -0.1) is 0 Å². The van der Waals surface area contributed by atoms with Crippen molar-refractivity contribution in [2.24, 2.45) is 4.99 Å². The number of rotatable bonds is 5. The number of likely N-dealkylation sites (N-methyl/N-ethyl adjacent to an activating group) is 2. The third-order valence-electron chi connectivity index (χ3n) is 3.69. The molecule has 1 heterocycles. The summed E-state index contributed by atoms with van der Waals surface area (Å²) in [5.41, 5.74) is 6.53. The normalized spacial score (nSPS) is 14.0. The van der Waals surface area contributed by atoms with Crippen LogP contribution in [-0.2, 0) is 0 Å². The average molecular weight is 325 g/mol. The molecule has 1 aromatic rings. The second-order valence-corrected chi connectivity index (χ2v) is 5.52. The van der Waals surface area contributed by atoms with Crippen LogP contribution < -0.4 is 10.5 Å². The number of amidine groups is 1. The van der Waals surface area contributed by atoms with Crippen LogP contribution in [0, 0.1) is 0 Å². The van der Waals surface area contributed by atoms with Gasteiger partial charge in [0.15, 0.2) is 0 Å². The summed E-state index contributed by atoms with van der Waals surface area (Å²) in [6.45, 7) is 5.11. The first-order valence-electron chi connectivity index (χ1n) is 7.14. The van der Waals surface area contributed by atoms with E-state index in [9.17, 15) is 4.79 Å². The summed E-state index contributed by atoms with van der Waals surface area (Å²) < 4.78 is 5.24. The average Bonchev–Trinajstić information content (AvgIpc) is 2.95. The van der Waals surface area contributed by atoms with Gasteiger partial charge >= 0.3 is 0 Å². The van der Waals surface area contributed by atoms with E-state index in [1.807, 2.05) is 0 Å². The molecule has 1 aliphatic heterocycles. The molecule has 0 saturated carbocycles. The van der Waals surface area contributed by atoms with Crippen LogP contribution in [0.4, 0.5) is 5.69 Å². The Morgan fingerprint density at radius 2 is 2.27 bits per heavy atom. The Morgan fingerprint density at radius 1 is 1.55 bits per heavy atom. The summed E-state index contributed by atoms with van der Waals surface area (Å²) >= 11 is 6.02. The number of hydrogen-bond donors (Lipinski definition) is 1. The lowest BCUT2D eigenvalue weighted by Gasteiger charge is -2.24. The molecule has 0 atom stereocenters. The molecule has 2 N–H and O–H groups in total. The van der Waals surface area contributed by atoms with E-state index < -0.39 is 0 Å². The number of amides is 1. The van der Waals surface area contributed by atoms with Crippen molar-refractivity contribution in [1.82, 2.24) is 9.80 Å². The van der Waals surface area contributed by atoms with E-state index in [0.717, 1.165) is 25.5 Å². The van der Waals surface area contributed by atoms with E-state index in [2.05, 4.69) is 16.8 Å². The van der Waals surface area contributed by atoms with Crippen molar-refractivity contribution in [3.63, 3.8) is 0 Å². The topological polar surface area (TPSA) is 71.2 Å². The van der Waals surface area contributed by atoms with Crippen molar-refractivity contribution in [2.75, 3.05) is 46.1 Å². The first-order valence-corrected chi connectivity index (χ1v) is 7.52. The smallest absolute Gasteiger partial charge is 0.257 e. The Morgan fingerprint density at radius 3 is 2.91 bits per heavy atom. The minimum atomic E-state index is -0.176. The van der Waals surface area contributed by atoms with Crippen molar-refractivity contribution < 1.29 is 9.53 Å². The lowest BCUT2D eigenvalue weighted by Crippen LogP contribution is -2.39. The zero-order valence-electron chi connectivity index (χ0n) is 13.1. The van der Waals surface area contributed by atoms with Crippen LogP contribution in [0.5, 0.6) is 5.75 Å². The zero-order chi connectivity index (χ0) is 16.3. The highest BCUT2D eigenvalue weighted by Gasteiger charge is 2.22. The molecule has 1 amide bonds. The molecule has 6 nitrogen and oxygen atoms in total. The molecule has 0 aromatic heterocycles. The third-order valence-corrected chi connectivity index (χ3v) is 4.01. The van der Waals surface area contributed by atoms with Crippen LogP contribution >= 0.6 is 11.6 Å². The summed E-state index contributed by atoms with van der Waals surface area (Å²) in [4.78, 5) is 20.9.